The first-order valence-corrected chi connectivity index (χ1v) is 13.6. The number of guanidine groups is 2. The molecule has 0 radical (unpaired) electrons. The summed E-state index contributed by atoms with van der Waals surface area (Å²) in [4.78, 5) is 61.6. The second-order valence-electron chi connectivity index (χ2n) is 9.77. The van der Waals surface area contributed by atoms with Crippen molar-refractivity contribution in [1.29, 1.82) is 0 Å². The lowest BCUT2D eigenvalue weighted by Crippen LogP contribution is -2.57. The van der Waals surface area contributed by atoms with E-state index < -0.39 is 54.5 Å². The monoisotopic (exact) mass is 603 g/mol. The topological polar surface area (TPSA) is 315 Å². The lowest BCUT2D eigenvalue weighted by molar-refractivity contribution is -0.143. The van der Waals surface area contributed by atoms with Gasteiger partial charge in [0.2, 0.25) is 17.7 Å². The Bertz CT molecular complexity index is 1300. The molecule has 0 saturated heterocycles. The van der Waals surface area contributed by atoms with E-state index in [-0.39, 0.29) is 50.7 Å². The molecule has 1 aromatic heterocycles. The highest BCUT2D eigenvalue weighted by Gasteiger charge is 2.30. The van der Waals surface area contributed by atoms with Crippen molar-refractivity contribution in [3.05, 3.63) is 36.0 Å². The number of hydrogen-bond donors (Lipinski definition) is 11. The molecule has 17 heteroatoms. The van der Waals surface area contributed by atoms with Gasteiger partial charge in [0, 0.05) is 30.2 Å². The number of carboxylic acids is 1. The number of aliphatic carboxylic acids is 1. The first kappa shape index (κ1) is 34.3. The third-order valence-corrected chi connectivity index (χ3v) is 6.41. The maximum Gasteiger partial charge on any atom is 0.328 e. The van der Waals surface area contributed by atoms with E-state index in [2.05, 4.69) is 30.9 Å². The molecule has 4 atom stereocenters. The van der Waals surface area contributed by atoms with Crippen molar-refractivity contribution >= 4 is 46.5 Å². The Kier molecular flexibility index (Phi) is 13.7. The zero-order valence-electron chi connectivity index (χ0n) is 23.7. The minimum atomic E-state index is -1.60. The number of benzene rings is 1. The molecule has 3 amide bonds. The van der Waals surface area contributed by atoms with Gasteiger partial charge < -0.3 is 59.8 Å². The van der Waals surface area contributed by atoms with Gasteiger partial charge in [-0.1, -0.05) is 18.2 Å². The van der Waals surface area contributed by atoms with E-state index in [0.717, 1.165) is 16.5 Å². The number of carbonyl (C=O) groups is 4. The molecule has 0 aliphatic carbocycles. The number of nitrogens with one attached hydrogen (secondary N) is 4. The van der Waals surface area contributed by atoms with Crippen LogP contribution in [0.2, 0.25) is 0 Å². The Balaban J connectivity index is 2.19. The quantitative estimate of drug-likeness (QED) is 0.0455. The maximum absolute atomic E-state index is 13.4. The molecule has 0 aliphatic rings. The summed E-state index contributed by atoms with van der Waals surface area (Å²) in [6, 6.07) is 2.55. The first-order chi connectivity index (χ1) is 20.4. The van der Waals surface area contributed by atoms with Gasteiger partial charge in [-0.05, 0) is 43.7 Å². The second kappa shape index (κ2) is 17.1. The number of carbonyl (C=O) groups excluding carboxylic acids is 3. The van der Waals surface area contributed by atoms with Crippen LogP contribution in [-0.2, 0) is 25.6 Å². The Morgan fingerprint density at radius 1 is 0.814 bits per heavy atom. The molecule has 1 aromatic carbocycles. The minimum Gasteiger partial charge on any atom is -0.480 e. The van der Waals surface area contributed by atoms with Gasteiger partial charge in [-0.2, -0.15) is 0 Å². The van der Waals surface area contributed by atoms with Crippen LogP contribution in [0.15, 0.2) is 40.4 Å². The van der Waals surface area contributed by atoms with Crippen LogP contribution >= 0.6 is 0 Å². The van der Waals surface area contributed by atoms with Crippen LogP contribution in [0.1, 0.15) is 31.2 Å². The summed E-state index contributed by atoms with van der Waals surface area (Å²) in [5, 5.41) is 26.8. The highest BCUT2D eigenvalue weighted by molar-refractivity contribution is 5.94. The standard InChI is InChI=1S/C26H41N11O6/c27-16(11-14-12-34-17-6-2-1-5-15(14)17)21(39)35-18(7-3-9-32-25(28)29)22(40)36-19(8-4-10-33-26(30)31)23(41)37-20(13-38)24(42)43/h1-2,5-6,12,16,18-20,34,38H,3-4,7-11,13,27H2,(H,35,39)(H,36,40)(H,37,41)(H,42,43)(H4,28,29,32)(H4,30,31,33). The molecule has 0 bridgehead atoms. The number of hydrogen-bond acceptors (Lipinski definition) is 8. The summed E-state index contributed by atoms with van der Waals surface area (Å²) in [5.41, 5.74) is 29.3. The smallest absolute Gasteiger partial charge is 0.328 e. The molecule has 2 aromatic rings. The molecule has 4 unspecified atom stereocenters. The normalized spacial score (nSPS) is 13.6. The van der Waals surface area contributed by atoms with Gasteiger partial charge in [-0.15, -0.1) is 0 Å². The van der Waals surface area contributed by atoms with Crippen molar-refractivity contribution in [2.45, 2.75) is 56.3 Å². The Hall–Kier alpha value is -4.90. The van der Waals surface area contributed by atoms with Crippen LogP contribution in [0.3, 0.4) is 0 Å². The largest absolute Gasteiger partial charge is 0.480 e. The van der Waals surface area contributed by atoms with Crippen LogP contribution in [0.25, 0.3) is 10.9 Å². The number of H-pyrrole nitrogens is 1. The van der Waals surface area contributed by atoms with E-state index in [1.807, 2.05) is 24.3 Å². The molecule has 0 saturated carbocycles. The van der Waals surface area contributed by atoms with Crippen LogP contribution in [0.4, 0.5) is 0 Å². The van der Waals surface area contributed by atoms with Crippen LogP contribution < -0.4 is 44.6 Å². The molecule has 0 fully saturated rings. The summed E-state index contributed by atoms with van der Waals surface area (Å²) in [5.74, 6) is -3.96. The van der Waals surface area contributed by atoms with E-state index in [0.29, 0.717) is 6.42 Å². The number of para-hydroxylation sites is 1. The van der Waals surface area contributed by atoms with Crippen LogP contribution in [0.5, 0.6) is 0 Å². The molecule has 2 rings (SSSR count). The fourth-order valence-electron chi connectivity index (χ4n) is 4.18. The molecule has 16 N–H and O–H groups in total. The molecule has 0 aliphatic heterocycles. The molecule has 1 heterocycles. The number of nitrogens with zero attached hydrogens (tertiary/aromatic N) is 2. The van der Waals surface area contributed by atoms with Crippen LogP contribution in [0, 0.1) is 0 Å². The predicted molar refractivity (Wildman–Crippen MR) is 160 cm³/mol. The zero-order valence-corrected chi connectivity index (χ0v) is 23.7. The van der Waals surface area contributed by atoms with Gasteiger partial charge in [0.1, 0.15) is 18.1 Å². The molecule has 17 nitrogen and oxygen atoms in total. The van der Waals surface area contributed by atoms with E-state index in [1.54, 1.807) is 6.20 Å². The number of nitrogens with two attached hydrogens (primary N) is 5. The van der Waals surface area contributed by atoms with E-state index in [1.165, 1.54) is 0 Å². The number of amides is 3. The lowest BCUT2D eigenvalue weighted by atomic mass is 10.0. The van der Waals surface area contributed by atoms with Gasteiger partial charge in [0.25, 0.3) is 0 Å². The number of aromatic amines is 1. The van der Waals surface area contributed by atoms with Gasteiger partial charge in [0.05, 0.1) is 12.6 Å². The van der Waals surface area contributed by atoms with Crippen molar-refractivity contribution in [2.24, 2.45) is 38.7 Å². The van der Waals surface area contributed by atoms with E-state index in [9.17, 15) is 29.4 Å². The summed E-state index contributed by atoms with van der Waals surface area (Å²) in [6.07, 6.45) is 2.59. The Labute approximate surface area is 247 Å². The number of rotatable bonds is 18. The average molecular weight is 604 g/mol. The highest BCUT2D eigenvalue weighted by Crippen LogP contribution is 2.19. The highest BCUT2D eigenvalue weighted by atomic mass is 16.4. The third-order valence-electron chi connectivity index (χ3n) is 6.41. The maximum atomic E-state index is 13.4. The van der Waals surface area contributed by atoms with Crippen molar-refractivity contribution in [3.8, 4) is 0 Å². The number of aliphatic hydroxyl groups is 1. The predicted octanol–water partition coefficient (Wildman–Crippen LogP) is -3.32. The second-order valence-corrected chi connectivity index (χ2v) is 9.77. The lowest BCUT2D eigenvalue weighted by Gasteiger charge is -2.25. The average Bonchev–Trinajstić information content (AvgIpc) is 3.36. The summed E-state index contributed by atoms with van der Waals surface area (Å²) in [7, 11) is 0. The van der Waals surface area contributed by atoms with Gasteiger partial charge in [0.15, 0.2) is 11.9 Å². The van der Waals surface area contributed by atoms with Crippen LogP contribution in [-0.4, -0.2) is 94.7 Å². The first-order valence-electron chi connectivity index (χ1n) is 13.6. The van der Waals surface area contributed by atoms with Gasteiger partial charge >= 0.3 is 5.97 Å². The fraction of sp³-hybridized carbons (Fsp3) is 0.462. The number of carboxylic acid groups (broad SMARTS) is 1. The summed E-state index contributed by atoms with van der Waals surface area (Å²) in [6.45, 7) is -0.568. The fourth-order valence-corrected chi connectivity index (χ4v) is 4.18. The van der Waals surface area contributed by atoms with E-state index in [4.69, 9.17) is 28.7 Å². The molecular formula is C26H41N11O6. The SMILES string of the molecule is NC(N)=NCCCC(NC(=O)C(N)Cc1c[nH]c2ccccc12)C(=O)NC(CCCN=C(N)N)C(=O)NC(CO)C(=O)O. The molecule has 43 heavy (non-hydrogen) atoms. The Morgan fingerprint density at radius 3 is 1.84 bits per heavy atom. The zero-order chi connectivity index (χ0) is 31.9. The van der Waals surface area contributed by atoms with Crippen molar-refractivity contribution < 1.29 is 29.4 Å². The number of aromatic nitrogens is 1. The van der Waals surface area contributed by atoms with Crippen molar-refractivity contribution in [2.75, 3.05) is 19.7 Å². The minimum absolute atomic E-state index is 0.0147. The number of aliphatic hydroxyl groups excluding tert-OH is 1. The van der Waals surface area contributed by atoms with Crippen molar-refractivity contribution in [3.63, 3.8) is 0 Å². The van der Waals surface area contributed by atoms with Gasteiger partial charge in [-0.3, -0.25) is 24.4 Å². The van der Waals surface area contributed by atoms with E-state index >= 15 is 0 Å². The third kappa shape index (κ3) is 11.5. The molecule has 0 spiro atoms. The summed E-state index contributed by atoms with van der Waals surface area (Å²) >= 11 is 0. The Morgan fingerprint density at radius 2 is 1.33 bits per heavy atom. The number of aliphatic imine (C=N–C) groups is 2. The molecule has 236 valence electrons. The van der Waals surface area contributed by atoms with Crippen molar-refractivity contribution in [1.82, 2.24) is 20.9 Å². The van der Waals surface area contributed by atoms with Gasteiger partial charge in [-0.25, -0.2) is 4.79 Å². The molecular weight excluding hydrogens is 562 g/mol. The summed E-state index contributed by atoms with van der Waals surface area (Å²) < 4.78 is 0. The number of fused-ring (bicyclic) bond motifs is 1.